The summed E-state index contributed by atoms with van der Waals surface area (Å²) in [5, 5.41) is 8.73. The van der Waals surface area contributed by atoms with Crippen LogP contribution in [0.5, 0.6) is 6.01 Å². The van der Waals surface area contributed by atoms with Crippen LogP contribution >= 0.6 is 0 Å². The maximum Gasteiger partial charge on any atom is 0.339 e. The van der Waals surface area contributed by atoms with Crippen molar-refractivity contribution in [2.45, 2.75) is 13.8 Å². The number of hydrogen-bond acceptors (Lipinski definition) is 4. The zero-order chi connectivity index (χ0) is 11.3. The molecule has 0 aliphatic carbocycles. The summed E-state index contributed by atoms with van der Waals surface area (Å²) in [4.78, 5) is 18.3. The van der Waals surface area contributed by atoms with E-state index in [0.29, 0.717) is 5.69 Å². The van der Waals surface area contributed by atoms with E-state index in [-0.39, 0.29) is 18.2 Å². The number of carboxylic acids is 1. The zero-order valence-electron chi connectivity index (χ0n) is 8.44. The summed E-state index contributed by atoms with van der Waals surface area (Å²) in [5.74, 6) is 4.29. The van der Waals surface area contributed by atoms with E-state index in [9.17, 15) is 4.79 Å². The molecule has 0 aliphatic rings. The van der Waals surface area contributed by atoms with Gasteiger partial charge in [0.2, 0.25) is 0 Å². The van der Waals surface area contributed by atoms with Crippen LogP contribution in [0.25, 0.3) is 0 Å². The Balaban J connectivity index is 2.80. The molecule has 0 amide bonds. The Morgan fingerprint density at radius 2 is 2.40 bits per heavy atom. The highest BCUT2D eigenvalue weighted by Gasteiger charge is 2.09. The third-order valence-corrected chi connectivity index (χ3v) is 1.64. The van der Waals surface area contributed by atoms with Gasteiger partial charge in [0.1, 0.15) is 0 Å². The first kappa shape index (κ1) is 11.0. The first-order chi connectivity index (χ1) is 7.15. The lowest BCUT2D eigenvalue weighted by atomic mass is 10.2. The van der Waals surface area contributed by atoms with Crippen molar-refractivity contribution in [3.8, 4) is 17.9 Å². The van der Waals surface area contributed by atoms with Crippen LogP contribution in [-0.2, 0) is 0 Å². The van der Waals surface area contributed by atoms with Crippen LogP contribution in [-0.4, -0.2) is 27.7 Å². The van der Waals surface area contributed by atoms with E-state index in [1.54, 1.807) is 13.8 Å². The molecular formula is C10H10N2O3. The highest BCUT2D eigenvalue weighted by molar-refractivity contribution is 5.88. The summed E-state index contributed by atoms with van der Waals surface area (Å²) in [6, 6.07) is 0.139. The van der Waals surface area contributed by atoms with E-state index in [1.807, 2.05) is 0 Å². The number of carboxylic acid groups (broad SMARTS) is 1. The molecule has 0 bridgehead atoms. The summed E-state index contributed by atoms with van der Waals surface area (Å²) in [6.07, 6.45) is 1.22. The molecule has 1 N–H and O–H groups in total. The number of aryl methyl sites for hydroxylation is 1. The molecule has 1 aromatic rings. The van der Waals surface area contributed by atoms with Crippen molar-refractivity contribution in [2.75, 3.05) is 6.61 Å². The van der Waals surface area contributed by atoms with Crippen LogP contribution in [0.3, 0.4) is 0 Å². The lowest BCUT2D eigenvalue weighted by molar-refractivity contribution is 0.0695. The van der Waals surface area contributed by atoms with Gasteiger partial charge in [0.25, 0.3) is 0 Å². The van der Waals surface area contributed by atoms with Crippen molar-refractivity contribution in [1.29, 1.82) is 0 Å². The molecule has 0 atom stereocenters. The second-order valence-electron chi connectivity index (χ2n) is 2.67. The van der Waals surface area contributed by atoms with E-state index >= 15 is 0 Å². The Labute approximate surface area is 87.1 Å². The molecule has 0 radical (unpaired) electrons. The third-order valence-electron chi connectivity index (χ3n) is 1.64. The van der Waals surface area contributed by atoms with E-state index < -0.39 is 5.97 Å². The molecule has 0 unspecified atom stereocenters. The zero-order valence-corrected chi connectivity index (χ0v) is 8.44. The maximum atomic E-state index is 10.7. The second kappa shape index (κ2) is 4.96. The number of carbonyl (C=O) groups is 1. The largest absolute Gasteiger partial charge is 0.478 e. The molecule has 0 aliphatic heterocycles. The summed E-state index contributed by atoms with van der Waals surface area (Å²) in [5.41, 5.74) is 0.445. The third kappa shape index (κ3) is 2.95. The Hall–Kier alpha value is -2.09. The maximum absolute atomic E-state index is 10.7. The average molecular weight is 206 g/mol. The summed E-state index contributed by atoms with van der Waals surface area (Å²) >= 11 is 0. The van der Waals surface area contributed by atoms with Crippen LogP contribution in [0.2, 0.25) is 0 Å². The molecule has 1 rings (SSSR count). The summed E-state index contributed by atoms with van der Waals surface area (Å²) in [6.45, 7) is 3.48. The quantitative estimate of drug-likeness (QED) is 0.743. The number of hydrogen-bond donors (Lipinski definition) is 1. The van der Waals surface area contributed by atoms with E-state index in [1.165, 1.54) is 6.20 Å². The van der Waals surface area contributed by atoms with E-state index in [2.05, 4.69) is 21.8 Å². The van der Waals surface area contributed by atoms with Gasteiger partial charge in [-0.15, -0.1) is 5.92 Å². The lowest BCUT2D eigenvalue weighted by Gasteiger charge is -2.02. The standard InChI is InChI=1S/C10H10N2O3/c1-3-4-5-15-10-11-6-8(9(13)14)7(2)12-10/h6H,5H2,1-2H3,(H,13,14). The van der Waals surface area contributed by atoms with Gasteiger partial charge in [-0.2, -0.15) is 4.98 Å². The number of aromatic carboxylic acids is 1. The van der Waals surface area contributed by atoms with Crippen molar-refractivity contribution < 1.29 is 14.6 Å². The lowest BCUT2D eigenvalue weighted by Crippen LogP contribution is -2.06. The fourth-order valence-electron chi connectivity index (χ4n) is 0.898. The molecule has 0 aromatic carbocycles. The molecule has 0 saturated carbocycles. The molecule has 1 heterocycles. The van der Waals surface area contributed by atoms with Crippen molar-refractivity contribution in [3.05, 3.63) is 17.5 Å². The molecule has 78 valence electrons. The fourth-order valence-corrected chi connectivity index (χ4v) is 0.898. The second-order valence-corrected chi connectivity index (χ2v) is 2.67. The predicted octanol–water partition coefficient (Wildman–Crippen LogP) is 0.885. The molecular weight excluding hydrogens is 196 g/mol. The normalized spacial score (nSPS) is 8.93. The minimum atomic E-state index is -1.05. The Bertz CT molecular complexity index is 432. The van der Waals surface area contributed by atoms with Gasteiger partial charge in [-0.3, -0.25) is 0 Å². The van der Waals surface area contributed by atoms with Crippen LogP contribution in [0.1, 0.15) is 23.0 Å². The number of rotatable bonds is 3. The minimum absolute atomic E-state index is 0.0731. The van der Waals surface area contributed by atoms with Gasteiger partial charge in [0.15, 0.2) is 6.61 Å². The highest BCUT2D eigenvalue weighted by Crippen LogP contribution is 2.08. The predicted molar refractivity (Wildman–Crippen MR) is 52.7 cm³/mol. The Morgan fingerprint density at radius 3 is 2.93 bits per heavy atom. The first-order valence-corrected chi connectivity index (χ1v) is 4.24. The van der Waals surface area contributed by atoms with Gasteiger partial charge < -0.3 is 9.84 Å². The highest BCUT2D eigenvalue weighted by atomic mass is 16.5. The van der Waals surface area contributed by atoms with Gasteiger partial charge in [0, 0.05) is 6.20 Å². The molecule has 5 heteroatoms. The molecule has 0 fully saturated rings. The average Bonchev–Trinajstić information content (AvgIpc) is 2.17. The SMILES string of the molecule is CC#CCOc1ncc(C(=O)O)c(C)n1. The number of ether oxygens (including phenoxy) is 1. The van der Waals surface area contributed by atoms with E-state index in [0.717, 1.165) is 0 Å². The number of aromatic nitrogens is 2. The van der Waals surface area contributed by atoms with E-state index in [4.69, 9.17) is 9.84 Å². The topological polar surface area (TPSA) is 72.3 Å². The van der Waals surface area contributed by atoms with Crippen molar-refractivity contribution in [3.63, 3.8) is 0 Å². The Kier molecular flexibility index (Phi) is 3.63. The van der Waals surface area contributed by atoms with Crippen LogP contribution in [0.4, 0.5) is 0 Å². The van der Waals surface area contributed by atoms with Gasteiger partial charge >= 0.3 is 12.0 Å². The molecule has 0 saturated heterocycles. The van der Waals surface area contributed by atoms with Crippen molar-refractivity contribution >= 4 is 5.97 Å². The number of nitrogens with zero attached hydrogens (tertiary/aromatic N) is 2. The Morgan fingerprint density at radius 1 is 1.67 bits per heavy atom. The van der Waals surface area contributed by atoms with Gasteiger partial charge in [-0.1, -0.05) is 5.92 Å². The van der Waals surface area contributed by atoms with Gasteiger partial charge in [-0.05, 0) is 13.8 Å². The van der Waals surface area contributed by atoms with Gasteiger partial charge in [-0.25, -0.2) is 9.78 Å². The van der Waals surface area contributed by atoms with Crippen LogP contribution in [0, 0.1) is 18.8 Å². The smallest absolute Gasteiger partial charge is 0.339 e. The monoisotopic (exact) mass is 206 g/mol. The van der Waals surface area contributed by atoms with Crippen molar-refractivity contribution in [2.24, 2.45) is 0 Å². The van der Waals surface area contributed by atoms with Crippen molar-refractivity contribution in [1.82, 2.24) is 9.97 Å². The summed E-state index contributed by atoms with van der Waals surface area (Å²) < 4.78 is 5.07. The first-order valence-electron chi connectivity index (χ1n) is 4.24. The van der Waals surface area contributed by atoms with Gasteiger partial charge in [0.05, 0.1) is 11.3 Å². The fraction of sp³-hybridized carbons (Fsp3) is 0.300. The molecule has 1 aromatic heterocycles. The minimum Gasteiger partial charge on any atom is -0.478 e. The van der Waals surface area contributed by atoms with Crippen LogP contribution < -0.4 is 4.74 Å². The summed E-state index contributed by atoms with van der Waals surface area (Å²) in [7, 11) is 0. The van der Waals surface area contributed by atoms with Crippen LogP contribution in [0.15, 0.2) is 6.20 Å². The molecule has 0 spiro atoms. The molecule has 15 heavy (non-hydrogen) atoms. The molecule has 5 nitrogen and oxygen atoms in total.